The molecule has 0 aliphatic carbocycles. The second-order valence-electron chi connectivity index (χ2n) is 8.48. The van der Waals surface area contributed by atoms with Crippen molar-refractivity contribution in [2.45, 2.75) is 0 Å². The quantitative estimate of drug-likeness (QED) is 0.277. The minimum Gasteiger partial charge on any atom is -0.244 e. The van der Waals surface area contributed by atoms with Crippen molar-refractivity contribution in [3.63, 3.8) is 0 Å². The highest BCUT2D eigenvalue weighted by atomic mass is 14.8. The number of aromatic nitrogens is 4. The molecule has 0 radical (unpaired) electrons. The number of benzene rings is 5. The van der Waals surface area contributed by atoms with Crippen LogP contribution in [-0.4, -0.2) is 19.9 Å². The molecular weight excluding hydrogens is 416 g/mol. The first-order valence-corrected chi connectivity index (χ1v) is 11.2. The third kappa shape index (κ3) is 2.86. The van der Waals surface area contributed by atoms with Crippen LogP contribution in [0.1, 0.15) is 0 Å². The maximum Gasteiger partial charge on any atom is 0.115 e. The predicted octanol–water partition coefficient (Wildman–Crippen LogP) is 7.17. The van der Waals surface area contributed by atoms with Gasteiger partial charge in [0.1, 0.15) is 12.7 Å². The standard InChI is InChI=1S/C30H18N4/c1-2-21(23-13-31-17-32-14-23)12-22(3-1)25-8-4-19-7-11-28-26(24-15-33-18-34-16-24)9-5-20-6-10-27(25)29(19)30(20)28/h1-18H. The Labute approximate surface area is 196 Å². The lowest BCUT2D eigenvalue weighted by atomic mass is 9.87. The molecule has 0 amide bonds. The van der Waals surface area contributed by atoms with E-state index in [2.05, 4.69) is 92.7 Å². The fourth-order valence-corrected chi connectivity index (χ4v) is 5.06. The molecule has 7 rings (SSSR count). The van der Waals surface area contributed by atoms with Gasteiger partial charge in [-0.25, -0.2) is 19.9 Å². The van der Waals surface area contributed by atoms with Gasteiger partial charge < -0.3 is 0 Å². The third-order valence-electron chi connectivity index (χ3n) is 6.60. The molecule has 7 aromatic rings. The molecule has 0 atom stereocenters. The van der Waals surface area contributed by atoms with Crippen LogP contribution in [0, 0.1) is 0 Å². The fourth-order valence-electron chi connectivity index (χ4n) is 5.06. The van der Waals surface area contributed by atoms with Gasteiger partial charge in [0.15, 0.2) is 0 Å². The summed E-state index contributed by atoms with van der Waals surface area (Å²) >= 11 is 0. The summed E-state index contributed by atoms with van der Waals surface area (Å²) in [6.07, 6.45) is 10.6. The van der Waals surface area contributed by atoms with Crippen LogP contribution in [0.4, 0.5) is 0 Å². The summed E-state index contributed by atoms with van der Waals surface area (Å²) in [5.74, 6) is 0. The van der Waals surface area contributed by atoms with E-state index in [9.17, 15) is 0 Å². The van der Waals surface area contributed by atoms with Gasteiger partial charge in [-0.05, 0) is 60.6 Å². The molecule has 0 saturated heterocycles. The van der Waals surface area contributed by atoms with Crippen LogP contribution < -0.4 is 0 Å². The van der Waals surface area contributed by atoms with E-state index in [-0.39, 0.29) is 0 Å². The van der Waals surface area contributed by atoms with Crippen LogP contribution in [0.15, 0.2) is 110 Å². The lowest BCUT2D eigenvalue weighted by Gasteiger charge is -2.16. The highest BCUT2D eigenvalue weighted by Crippen LogP contribution is 2.42. The van der Waals surface area contributed by atoms with Crippen molar-refractivity contribution in [1.29, 1.82) is 0 Å². The number of nitrogens with zero attached hydrogens (tertiary/aromatic N) is 4. The van der Waals surface area contributed by atoms with E-state index in [1.54, 1.807) is 12.7 Å². The Morgan fingerprint density at radius 2 is 0.912 bits per heavy atom. The lowest BCUT2D eigenvalue weighted by molar-refractivity contribution is 1.17. The van der Waals surface area contributed by atoms with Crippen LogP contribution in [0.5, 0.6) is 0 Å². The number of hydrogen-bond acceptors (Lipinski definition) is 4. The summed E-state index contributed by atoms with van der Waals surface area (Å²) in [6.45, 7) is 0. The van der Waals surface area contributed by atoms with Crippen LogP contribution in [0.2, 0.25) is 0 Å². The van der Waals surface area contributed by atoms with Crippen molar-refractivity contribution < 1.29 is 0 Å². The highest BCUT2D eigenvalue weighted by molar-refractivity contribution is 6.27. The van der Waals surface area contributed by atoms with Gasteiger partial charge in [0.05, 0.1) is 0 Å². The Kier molecular flexibility index (Phi) is 4.11. The highest BCUT2D eigenvalue weighted by Gasteiger charge is 2.15. The maximum absolute atomic E-state index is 4.24. The van der Waals surface area contributed by atoms with Gasteiger partial charge in [0.25, 0.3) is 0 Å². The Balaban J connectivity index is 1.51. The van der Waals surface area contributed by atoms with Gasteiger partial charge in [0.2, 0.25) is 0 Å². The van der Waals surface area contributed by atoms with Crippen LogP contribution in [0.25, 0.3) is 65.7 Å². The SMILES string of the molecule is c1cc(-c2cncnc2)cc(-c2ccc3ccc4c(-c5cncnc5)ccc5ccc2c3c54)c1. The minimum atomic E-state index is 1.01. The molecule has 0 unspecified atom stereocenters. The summed E-state index contributed by atoms with van der Waals surface area (Å²) in [5, 5.41) is 7.52. The van der Waals surface area contributed by atoms with E-state index in [1.807, 2.05) is 24.8 Å². The zero-order chi connectivity index (χ0) is 22.5. The van der Waals surface area contributed by atoms with E-state index in [4.69, 9.17) is 0 Å². The van der Waals surface area contributed by atoms with E-state index < -0.39 is 0 Å². The van der Waals surface area contributed by atoms with E-state index >= 15 is 0 Å². The molecule has 0 spiro atoms. The summed E-state index contributed by atoms with van der Waals surface area (Å²) in [5.41, 5.74) is 6.69. The topological polar surface area (TPSA) is 51.6 Å². The molecule has 2 aromatic heterocycles. The van der Waals surface area contributed by atoms with Gasteiger partial charge in [-0.1, -0.05) is 66.7 Å². The van der Waals surface area contributed by atoms with Crippen molar-refractivity contribution in [3.8, 4) is 33.4 Å². The van der Waals surface area contributed by atoms with Gasteiger partial charge in [0, 0.05) is 35.9 Å². The molecule has 0 bridgehead atoms. The smallest absolute Gasteiger partial charge is 0.115 e. The van der Waals surface area contributed by atoms with E-state index in [0.29, 0.717) is 0 Å². The predicted molar refractivity (Wildman–Crippen MR) is 138 cm³/mol. The zero-order valence-corrected chi connectivity index (χ0v) is 18.2. The van der Waals surface area contributed by atoms with Gasteiger partial charge in [-0.3, -0.25) is 0 Å². The van der Waals surface area contributed by atoms with Crippen LogP contribution in [0.3, 0.4) is 0 Å². The zero-order valence-electron chi connectivity index (χ0n) is 18.2. The second-order valence-corrected chi connectivity index (χ2v) is 8.48. The van der Waals surface area contributed by atoms with E-state index in [1.165, 1.54) is 43.4 Å². The third-order valence-corrected chi connectivity index (χ3v) is 6.60. The fraction of sp³-hybridized carbons (Fsp3) is 0. The lowest BCUT2D eigenvalue weighted by Crippen LogP contribution is -1.90. The Morgan fingerprint density at radius 3 is 1.53 bits per heavy atom. The average Bonchev–Trinajstić information content (AvgIpc) is 2.92. The monoisotopic (exact) mass is 434 g/mol. The Morgan fingerprint density at radius 1 is 0.412 bits per heavy atom. The van der Waals surface area contributed by atoms with Gasteiger partial charge in [-0.15, -0.1) is 0 Å². The average molecular weight is 435 g/mol. The molecule has 4 nitrogen and oxygen atoms in total. The molecule has 0 N–H and O–H groups in total. The first kappa shape index (κ1) is 18.8. The second kappa shape index (κ2) is 7.42. The normalized spacial score (nSPS) is 11.5. The molecule has 4 heteroatoms. The first-order valence-electron chi connectivity index (χ1n) is 11.2. The van der Waals surface area contributed by atoms with E-state index in [0.717, 1.165) is 22.3 Å². The van der Waals surface area contributed by atoms with Crippen molar-refractivity contribution in [2.75, 3.05) is 0 Å². The summed E-state index contributed by atoms with van der Waals surface area (Å²) in [6, 6.07) is 26.4. The van der Waals surface area contributed by atoms with Gasteiger partial charge >= 0.3 is 0 Å². The molecule has 0 saturated carbocycles. The molecule has 2 heterocycles. The summed E-state index contributed by atoms with van der Waals surface area (Å²) in [4.78, 5) is 16.8. The van der Waals surface area contributed by atoms with Gasteiger partial charge in [-0.2, -0.15) is 0 Å². The molecule has 34 heavy (non-hydrogen) atoms. The first-order chi connectivity index (χ1) is 16.9. The van der Waals surface area contributed by atoms with Crippen LogP contribution >= 0.6 is 0 Å². The molecule has 0 aliphatic heterocycles. The minimum absolute atomic E-state index is 1.01. The maximum atomic E-state index is 4.24. The molecule has 0 fully saturated rings. The summed E-state index contributed by atoms with van der Waals surface area (Å²) < 4.78 is 0. The molecule has 158 valence electrons. The Hall–Kier alpha value is -4.70. The van der Waals surface area contributed by atoms with Crippen molar-refractivity contribution in [3.05, 3.63) is 110 Å². The number of rotatable bonds is 3. The Bertz CT molecular complexity index is 1790. The molecule has 0 aliphatic rings. The largest absolute Gasteiger partial charge is 0.244 e. The molecule has 5 aromatic carbocycles. The number of hydrogen-bond donors (Lipinski definition) is 0. The molecular formula is C30H18N4. The van der Waals surface area contributed by atoms with Crippen molar-refractivity contribution >= 4 is 32.3 Å². The van der Waals surface area contributed by atoms with Crippen molar-refractivity contribution in [2.24, 2.45) is 0 Å². The summed E-state index contributed by atoms with van der Waals surface area (Å²) in [7, 11) is 0. The van der Waals surface area contributed by atoms with Crippen LogP contribution in [-0.2, 0) is 0 Å². The van der Waals surface area contributed by atoms with Crippen molar-refractivity contribution in [1.82, 2.24) is 19.9 Å².